The second kappa shape index (κ2) is 9.92. The fourth-order valence-corrected chi connectivity index (χ4v) is 2.45. The summed E-state index contributed by atoms with van der Waals surface area (Å²) in [6.07, 6.45) is 3.27. The van der Waals surface area contributed by atoms with Crippen LogP contribution < -0.4 is 10.6 Å². The minimum Gasteiger partial charge on any atom is -0.392 e. The molecule has 23 heavy (non-hydrogen) atoms. The Morgan fingerprint density at radius 2 is 2.09 bits per heavy atom. The van der Waals surface area contributed by atoms with Crippen LogP contribution in [-0.4, -0.2) is 44.7 Å². The number of carbonyl (C=O) groups is 2. The molecule has 0 aliphatic rings. The average molecular weight is 317 g/mol. The first kappa shape index (κ1) is 19.1. The van der Waals surface area contributed by atoms with Gasteiger partial charge in [-0.25, -0.2) is 0 Å². The summed E-state index contributed by atoms with van der Waals surface area (Å²) in [5.41, 5.74) is 3.64. The topological polar surface area (TPSA) is 61.4 Å². The molecule has 0 saturated heterocycles. The van der Waals surface area contributed by atoms with Crippen molar-refractivity contribution in [1.29, 1.82) is 0 Å². The Labute approximate surface area is 138 Å². The van der Waals surface area contributed by atoms with E-state index < -0.39 is 0 Å². The van der Waals surface area contributed by atoms with E-state index in [0.717, 1.165) is 42.4 Å². The number of carbonyl (C=O) groups excluding carboxylic acids is 2. The molecule has 0 aliphatic heterocycles. The van der Waals surface area contributed by atoms with Crippen molar-refractivity contribution in [2.75, 3.05) is 21.1 Å². The highest BCUT2D eigenvalue weighted by Gasteiger charge is 2.16. The van der Waals surface area contributed by atoms with Crippen molar-refractivity contribution < 1.29 is 9.59 Å². The van der Waals surface area contributed by atoms with Crippen molar-refractivity contribution in [3.63, 3.8) is 0 Å². The standard InChI is InChI=1S/C18H27N3O2/c1-14(20-3)5-8-18(13-23)21(4)11-17-9-15(10-19-2)6-7-16(17)12-22/h6-7,9,12-13,18-20H,1,5,8,10-11H2,2-4H3. The van der Waals surface area contributed by atoms with Crippen LogP contribution in [0.15, 0.2) is 30.5 Å². The Kier molecular flexibility index (Phi) is 8.22. The van der Waals surface area contributed by atoms with Crippen molar-refractivity contribution in [2.24, 2.45) is 0 Å². The predicted molar refractivity (Wildman–Crippen MR) is 93.3 cm³/mol. The predicted octanol–water partition coefficient (Wildman–Crippen LogP) is 1.73. The van der Waals surface area contributed by atoms with E-state index in [1.54, 1.807) is 0 Å². The third-order valence-electron chi connectivity index (χ3n) is 3.95. The van der Waals surface area contributed by atoms with Gasteiger partial charge < -0.3 is 15.4 Å². The highest BCUT2D eigenvalue weighted by atomic mass is 16.1. The first-order valence-electron chi connectivity index (χ1n) is 7.78. The molecule has 0 amide bonds. The van der Waals surface area contributed by atoms with Crippen LogP contribution in [0.25, 0.3) is 0 Å². The fourth-order valence-electron chi connectivity index (χ4n) is 2.45. The van der Waals surface area contributed by atoms with Crippen LogP contribution in [0.4, 0.5) is 0 Å². The van der Waals surface area contributed by atoms with E-state index in [1.807, 2.05) is 44.2 Å². The minimum absolute atomic E-state index is 0.201. The molecule has 1 aromatic rings. The summed E-state index contributed by atoms with van der Waals surface area (Å²) < 4.78 is 0. The molecule has 1 unspecified atom stereocenters. The summed E-state index contributed by atoms with van der Waals surface area (Å²) in [7, 11) is 5.61. The van der Waals surface area contributed by atoms with Gasteiger partial charge in [0.15, 0.2) is 0 Å². The SMILES string of the molecule is C=C(CCC(C=O)N(C)Cc1cc(CNC)ccc1C=O)NC. The molecule has 0 bridgehead atoms. The molecule has 0 spiro atoms. The molecular weight excluding hydrogens is 290 g/mol. The zero-order valence-corrected chi connectivity index (χ0v) is 14.3. The van der Waals surface area contributed by atoms with Gasteiger partial charge >= 0.3 is 0 Å². The molecule has 1 atom stereocenters. The molecule has 0 fully saturated rings. The van der Waals surface area contributed by atoms with E-state index in [9.17, 15) is 9.59 Å². The first-order valence-corrected chi connectivity index (χ1v) is 7.78. The maximum atomic E-state index is 11.4. The summed E-state index contributed by atoms with van der Waals surface area (Å²) in [4.78, 5) is 24.6. The smallest absolute Gasteiger partial charge is 0.150 e. The molecule has 0 aromatic heterocycles. The van der Waals surface area contributed by atoms with Gasteiger partial charge in [0, 0.05) is 31.4 Å². The van der Waals surface area contributed by atoms with E-state index in [1.165, 1.54) is 0 Å². The minimum atomic E-state index is -0.201. The lowest BCUT2D eigenvalue weighted by molar-refractivity contribution is -0.112. The van der Waals surface area contributed by atoms with E-state index in [0.29, 0.717) is 18.5 Å². The number of hydrogen-bond acceptors (Lipinski definition) is 5. The number of hydrogen-bond donors (Lipinski definition) is 2. The maximum Gasteiger partial charge on any atom is 0.150 e. The van der Waals surface area contributed by atoms with Crippen molar-refractivity contribution in [1.82, 2.24) is 15.5 Å². The van der Waals surface area contributed by atoms with E-state index >= 15 is 0 Å². The largest absolute Gasteiger partial charge is 0.392 e. The maximum absolute atomic E-state index is 11.4. The highest BCUT2D eigenvalue weighted by Crippen LogP contribution is 2.16. The summed E-state index contributed by atoms with van der Waals surface area (Å²) >= 11 is 0. The first-order chi connectivity index (χ1) is 11.0. The quantitative estimate of drug-likeness (QED) is 0.609. The molecule has 2 N–H and O–H groups in total. The Morgan fingerprint density at radius 1 is 1.35 bits per heavy atom. The molecular formula is C18H27N3O2. The van der Waals surface area contributed by atoms with Crippen molar-refractivity contribution >= 4 is 12.6 Å². The molecule has 5 nitrogen and oxygen atoms in total. The van der Waals surface area contributed by atoms with Crippen LogP contribution in [0.5, 0.6) is 0 Å². The van der Waals surface area contributed by atoms with Crippen LogP contribution in [0.2, 0.25) is 0 Å². The second-order valence-electron chi connectivity index (χ2n) is 5.69. The van der Waals surface area contributed by atoms with Crippen LogP contribution >= 0.6 is 0 Å². The van der Waals surface area contributed by atoms with E-state index in [4.69, 9.17) is 0 Å². The number of nitrogens with one attached hydrogen (secondary N) is 2. The lowest BCUT2D eigenvalue weighted by Crippen LogP contribution is -2.33. The van der Waals surface area contributed by atoms with Gasteiger partial charge in [-0.3, -0.25) is 9.69 Å². The summed E-state index contributed by atoms with van der Waals surface area (Å²) in [6.45, 7) is 5.18. The summed E-state index contributed by atoms with van der Waals surface area (Å²) in [5.74, 6) is 0. The van der Waals surface area contributed by atoms with Gasteiger partial charge in [0.25, 0.3) is 0 Å². The van der Waals surface area contributed by atoms with Crippen molar-refractivity contribution in [3.05, 3.63) is 47.2 Å². The third-order valence-corrected chi connectivity index (χ3v) is 3.95. The Bertz CT molecular complexity index is 543. The zero-order valence-electron chi connectivity index (χ0n) is 14.3. The summed E-state index contributed by atoms with van der Waals surface area (Å²) in [6, 6.07) is 5.59. The highest BCUT2D eigenvalue weighted by molar-refractivity contribution is 5.77. The molecule has 0 aliphatic carbocycles. The normalized spacial score (nSPS) is 12.0. The van der Waals surface area contributed by atoms with Crippen LogP contribution in [0.1, 0.15) is 34.3 Å². The van der Waals surface area contributed by atoms with Gasteiger partial charge in [-0.05, 0) is 38.1 Å². The number of nitrogens with zero attached hydrogens (tertiary/aromatic N) is 1. The van der Waals surface area contributed by atoms with Gasteiger partial charge in [0.1, 0.15) is 12.6 Å². The van der Waals surface area contributed by atoms with Gasteiger partial charge in [-0.15, -0.1) is 0 Å². The number of allylic oxidation sites excluding steroid dienone is 1. The van der Waals surface area contributed by atoms with Gasteiger partial charge in [-0.2, -0.15) is 0 Å². The van der Waals surface area contributed by atoms with Gasteiger partial charge in [0.2, 0.25) is 0 Å². The summed E-state index contributed by atoms with van der Waals surface area (Å²) in [5, 5.41) is 6.09. The van der Waals surface area contributed by atoms with Crippen LogP contribution in [-0.2, 0) is 17.9 Å². The van der Waals surface area contributed by atoms with Crippen LogP contribution in [0.3, 0.4) is 0 Å². The van der Waals surface area contributed by atoms with Crippen LogP contribution in [0, 0.1) is 0 Å². The molecule has 126 valence electrons. The molecule has 0 heterocycles. The molecule has 0 radical (unpaired) electrons. The fraction of sp³-hybridized carbons (Fsp3) is 0.444. The second-order valence-corrected chi connectivity index (χ2v) is 5.69. The van der Waals surface area contributed by atoms with E-state index in [-0.39, 0.29) is 6.04 Å². The molecule has 0 saturated carbocycles. The Balaban J connectivity index is 2.82. The number of aldehydes is 2. The van der Waals surface area contributed by atoms with Crippen molar-refractivity contribution in [3.8, 4) is 0 Å². The van der Waals surface area contributed by atoms with Gasteiger partial charge in [0.05, 0.1) is 6.04 Å². The lowest BCUT2D eigenvalue weighted by Gasteiger charge is -2.24. The molecule has 1 aromatic carbocycles. The molecule has 5 heteroatoms. The van der Waals surface area contributed by atoms with Crippen molar-refractivity contribution in [2.45, 2.75) is 32.0 Å². The zero-order chi connectivity index (χ0) is 17.2. The number of likely N-dealkylation sites (N-methyl/N-ethyl adjacent to an activating group) is 1. The third kappa shape index (κ3) is 5.96. The molecule has 1 rings (SSSR count). The van der Waals surface area contributed by atoms with E-state index in [2.05, 4.69) is 17.2 Å². The number of benzene rings is 1. The average Bonchev–Trinajstić information content (AvgIpc) is 2.55. The number of rotatable bonds is 11. The monoisotopic (exact) mass is 317 g/mol. The Hall–Kier alpha value is -1.98. The lowest BCUT2D eigenvalue weighted by atomic mass is 10.0. The van der Waals surface area contributed by atoms with Gasteiger partial charge in [-0.1, -0.05) is 24.8 Å². The Morgan fingerprint density at radius 3 is 2.65 bits per heavy atom.